The molecular weight excluding hydrogens is 272 g/mol. The van der Waals surface area contributed by atoms with E-state index in [1.165, 1.54) is 11.8 Å². The van der Waals surface area contributed by atoms with Crippen molar-refractivity contribution < 1.29 is 0 Å². The number of benzene rings is 1. The molecule has 0 radical (unpaired) electrons. The van der Waals surface area contributed by atoms with Gasteiger partial charge in [-0.3, -0.25) is 0 Å². The van der Waals surface area contributed by atoms with E-state index in [1.807, 2.05) is 35.0 Å². The fourth-order valence-electron chi connectivity index (χ4n) is 2.08. The van der Waals surface area contributed by atoms with Gasteiger partial charge in [0.1, 0.15) is 5.03 Å². The summed E-state index contributed by atoms with van der Waals surface area (Å²) in [4.78, 5) is 4.61. The van der Waals surface area contributed by atoms with Crippen molar-refractivity contribution in [2.75, 3.05) is 5.73 Å². The highest BCUT2D eigenvalue weighted by Crippen LogP contribution is 2.37. The number of hydrogen-bond acceptors (Lipinski definition) is 6. The number of fused-ring (bicyclic) bond motifs is 1. The second kappa shape index (κ2) is 4.45. The highest BCUT2D eigenvalue weighted by Gasteiger charge is 2.28. The topological polar surface area (TPSA) is 82.5 Å². The van der Waals surface area contributed by atoms with Crippen molar-refractivity contribution in [2.24, 2.45) is 0 Å². The molecule has 1 aliphatic rings. The van der Waals surface area contributed by atoms with Crippen molar-refractivity contribution in [1.82, 2.24) is 25.2 Å². The fraction of sp³-hybridized carbons (Fsp3) is 0.231. The molecule has 0 unspecified atom stereocenters. The molecule has 2 aromatic heterocycles. The quantitative estimate of drug-likeness (QED) is 0.743. The molecule has 2 heterocycles. The van der Waals surface area contributed by atoms with Crippen LogP contribution in [-0.2, 0) is 0 Å². The van der Waals surface area contributed by atoms with Gasteiger partial charge < -0.3 is 5.73 Å². The number of rotatable bonds is 3. The predicted molar refractivity (Wildman–Crippen MR) is 76.4 cm³/mol. The summed E-state index contributed by atoms with van der Waals surface area (Å²) in [6.45, 7) is 0. The molecule has 1 fully saturated rings. The number of anilines is 1. The van der Waals surface area contributed by atoms with Gasteiger partial charge in [-0.2, -0.15) is 0 Å². The van der Waals surface area contributed by atoms with Gasteiger partial charge in [-0.25, -0.2) is 9.67 Å². The SMILES string of the molecule is Nc1ccc2nc(Sc3nnnn3C3CC3)ccc2c1. The van der Waals surface area contributed by atoms with E-state index in [0.717, 1.165) is 39.6 Å². The van der Waals surface area contributed by atoms with Crippen LogP contribution in [0.4, 0.5) is 5.69 Å². The smallest absolute Gasteiger partial charge is 0.215 e. The van der Waals surface area contributed by atoms with Gasteiger partial charge >= 0.3 is 0 Å². The predicted octanol–water partition coefficient (Wildman–Crippen LogP) is 2.29. The van der Waals surface area contributed by atoms with Crippen LogP contribution in [0.1, 0.15) is 18.9 Å². The highest BCUT2D eigenvalue weighted by molar-refractivity contribution is 7.99. The van der Waals surface area contributed by atoms with Crippen LogP contribution in [0.3, 0.4) is 0 Å². The van der Waals surface area contributed by atoms with Crippen LogP contribution >= 0.6 is 11.8 Å². The minimum Gasteiger partial charge on any atom is -0.399 e. The first kappa shape index (κ1) is 11.7. The summed E-state index contributed by atoms with van der Waals surface area (Å²) >= 11 is 1.49. The molecule has 0 atom stereocenters. The van der Waals surface area contributed by atoms with Crippen LogP contribution < -0.4 is 5.73 Å². The van der Waals surface area contributed by atoms with E-state index < -0.39 is 0 Å². The van der Waals surface area contributed by atoms with Crippen molar-refractivity contribution in [3.05, 3.63) is 30.3 Å². The lowest BCUT2D eigenvalue weighted by Gasteiger charge is -2.04. The molecule has 3 aromatic rings. The maximum absolute atomic E-state index is 5.77. The Morgan fingerprint density at radius 1 is 1.20 bits per heavy atom. The fourth-order valence-corrected chi connectivity index (χ4v) is 2.90. The molecule has 2 N–H and O–H groups in total. The molecule has 100 valence electrons. The molecule has 0 amide bonds. The van der Waals surface area contributed by atoms with Gasteiger partial charge in [0.05, 0.1) is 11.6 Å². The number of nitrogens with zero attached hydrogens (tertiary/aromatic N) is 5. The average molecular weight is 284 g/mol. The molecule has 6 nitrogen and oxygen atoms in total. The average Bonchev–Trinajstić information content (AvgIpc) is 3.20. The van der Waals surface area contributed by atoms with Gasteiger partial charge in [-0.05, 0) is 59.3 Å². The van der Waals surface area contributed by atoms with Gasteiger partial charge in [-0.1, -0.05) is 6.07 Å². The van der Waals surface area contributed by atoms with E-state index in [2.05, 4.69) is 20.5 Å². The largest absolute Gasteiger partial charge is 0.399 e. The van der Waals surface area contributed by atoms with Gasteiger partial charge in [0.25, 0.3) is 0 Å². The zero-order valence-corrected chi connectivity index (χ0v) is 11.4. The molecule has 0 aliphatic heterocycles. The minimum absolute atomic E-state index is 0.466. The van der Waals surface area contributed by atoms with E-state index in [1.54, 1.807) is 0 Å². The van der Waals surface area contributed by atoms with Crippen molar-refractivity contribution in [1.29, 1.82) is 0 Å². The number of nitrogens with two attached hydrogens (primary N) is 1. The molecule has 7 heteroatoms. The third kappa shape index (κ3) is 2.09. The maximum atomic E-state index is 5.77. The third-order valence-corrected chi connectivity index (χ3v) is 4.13. The molecule has 1 aliphatic carbocycles. The molecule has 1 saturated carbocycles. The lowest BCUT2D eigenvalue weighted by Crippen LogP contribution is -1.98. The van der Waals surface area contributed by atoms with Crippen LogP contribution in [0.5, 0.6) is 0 Å². The Kier molecular flexibility index (Phi) is 2.59. The van der Waals surface area contributed by atoms with E-state index in [9.17, 15) is 0 Å². The van der Waals surface area contributed by atoms with Crippen molar-refractivity contribution in [3.63, 3.8) is 0 Å². The van der Waals surface area contributed by atoms with Crippen molar-refractivity contribution >= 4 is 28.4 Å². The number of aromatic nitrogens is 5. The van der Waals surface area contributed by atoms with E-state index in [-0.39, 0.29) is 0 Å². The van der Waals surface area contributed by atoms with E-state index in [4.69, 9.17) is 5.73 Å². The lowest BCUT2D eigenvalue weighted by molar-refractivity contribution is 0.565. The summed E-state index contributed by atoms with van der Waals surface area (Å²) < 4.78 is 1.89. The molecule has 4 rings (SSSR count). The van der Waals surface area contributed by atoms with Crippen LogP contribution in [0.2, 0.25) is 0 Å². The van der Waals surface area contributed by atoms with Gasteiger partial charge in [0.2, 0.25) is 5.16 Å². The Balaban J connectivity index is 1.68. The highest BCUT2D eigenvalue weighted by atomic mass is 32.2. The third-order valence-electron chi connectivity index (χ3n) is 3.24. The van der Waals surface area contributed by atoms with E-state index >= 15 is 0 Å². The minimum atomic E-state index is 0.466. The first-order valence-electron chi connectivity index (χ1n) is 6.41. The van der Waals surface area contributed by atoms with Crippen molar-refractivity contribution in [2.45, 2.75) is 29.1 Å². The van der Waals surface area contributed by atoms with Crippen molar-refractivity contribution in [3.8, 4) is 0 Å². The summed E-state index contributed by atoms with van der Waals surface area (Å²) in [7, 11) is 0. The number of pyridine rings is 1. The standard InChI is InChI=1S/C13H12N6S/c14-9-2-5-11-8(7-9)1-6-12(15-11)20-13-16-17-18-19(13)10-3-4-10/h1-2,5-7,10H,3-4,14H2. The molecule has 20 heavy (non-hydrogen) atoms. The second-order valence-corrected chi connectivity index (χ2v) is 5.83. The Morgan fingerprint density at radius 2 is 2.10 bits per heavy atom. The van der Waals surface area contributed by atoms with Crippen LogP contribution in [0.25, 0.3) is 10.9 Å². The Labute approximate surface area is 119 Å². The zero-order valence-electron chi connectivity index (χ0n) is 10.6. The first-order valence-corrected chi connectivity index (χ1v) is 7.23. The molecule has 0 saturated heterocycles. The zero-order chi connectivity index (χ0) is 13.5. The molecule has 1 aromatic carbocycles. The van der Waals surface area contributed by atoms with E-state index in [0.29, 0.717) is 6.04 Å². The normalized spacial score (nSPS) is 14.8. The van der Waals surface area contributed by atoms with Gasteiger partial charge in [0, 0.05) is 11.1 Å². The Hall–Kier alpha value is -2.15. The Morgan fingerprint density at radius 3 is 2.95 bits per heavy atom. The molecular formula is C13H12N6S. The maximum Gasteiger partial charge on any atom is 0.215 e. The number of nitrogen functional groups attached to an aromatic ring is 1. The number of tetrazole rings is 1. The number of hydrogen-bond donors (Lipinski definition) is 1. The van der Waals surface area contributed by atoms with Crippen LogP contribution in [-0.4, -0.2) is 25.2 Å². The second-order valence-electron chi connectivity index (χ2n) is 4.84. The van der Waals surface area contributed by atoms with Gasteiger partial charge in [-0.15, -0.1) is 5.10 Å². The molecule has 0 bridgehead atoms. The summed E-state index contributed by atoms with van der Waals surface area (Å²) in [6, 6.07) is 10.2. The first-order chi connectivity index (χ1) is 9.79. The monoisotopic (exact) mass is 284 g/mol. The summed E-state index contributed by atoms with van der Waals surface area (Å²) in [5, 5.41) is 14.6. The summed E-state index contributed by atoms with van der Waals surface area (Å²) in [5.41, 5.74) is 7.44. The molecule has 0 spiro atoms. The van der Waals surface area contributed by atoms with Crippen LogP contribution in [0, 0.1) is 0 Å². The summed E-state index contributed by atoms with van der Waals surface area (Å²) in [6.07, 6.45) is 2.31. The van der Waals surface area contributed by atoms with Gasteiger partial charge in [0.15, 0.2) is 0 Å². The summed E-state index contributed by atoms with van der Waals surface area (Å²) in [5.74, 6) is 0. The lowest BCUT2D eigenvalue weighted by atomic mass is 10.2. The Bertz CT molecular complexity index is 779. The van der Waals surface area contributed by atoms with Crippen LogP contribution in [0.15, 0.2) is 40.5 Å².